The van der Waals surface area contributed by atoms with Crippen molar-refractivity contribution in [2.45, 2.75) is 67.3 Å². The third-order valence-corrected chi connectivity index (χ3v) is 4.21. The average Bonchev–Trinajstić information content (AvgIpc) is 2.54. The topological polar surface area (TPSA) is 201 Å². The zero-order chi connectivity index (χ0) is 17.5. The summed E-state index contributed by atoms with van der Waals surface area (Å²) in [6.45, 7) is -0.704. The summed E-state index contributed by atoms with van der Waals surface area (Å²) < 4.78 is 10.2. The number of rotatable bonds is 3. The van der Waals surface area contributed by atoms with Gasteiger partial charge in [0.15, 0.2) is 6.29 Å². The second-order valence-corrected chi connectivity index (χ2v) is 5.75. The summed E-state index contributed by atoms with van der Waals surface area (Å²) in [6, 6.07) is 0. The molecule has 1 saturated heterocycles. The highest BCUT2D eigenvalue weighted by atomic mass is 16.7. The molecule has 0 bridgehead atoms. The van der Waals surface area contributed by atoms with Crippen molar-refractivity contribution in [3.63, 3.8) is 0 Å². The fraction of sp³-hybridized carbons (Fsp3) is 1.00. The quantitative estimate of drug-likeness (QED) is 0.236. The van der Waals surface area contributed by atoms with Crippen LogP contribution in [0.1, 0.15) is 0 Å². The van der Waals surface area contributed by atoms with Crippen LogP contribution in [0.3, 0.4) is 0 Å². The van der Waals surface area contributed by atoms with Gasteiger partial charge in [0, 0.05) is 0 Å². The Kier molecular flexibility index (Phi) is 5.92. The van der Waals surface area contributed by atoms with Gasteiger partial charge in [0.2, 0.25) is 0 Å². The molecule has 136 valence electrons. The summed E-state index contributed by atoms with van der Waals surface area (Å²) in [5.74, 6) is 0. The van der Waals surface area contributed by atoms with E-state index in [1.165, 1.54) is 0 Å². The van der Waals surface area contributed by atoms with Gasteiger partial charge in [0.1, 0.15) is 61.0 Å². The lowest BCUT2D eigenvalue weighted by molar-refractivity contribution is -0.339. The smallest absolute Gasteiger partial charge is 0.187 e. The van der Waals surface area contributed by atoms with Crippen molar-refractivity contribution in [1.82, 2.24) is 0 Å². The molecule has 0 radical (unpaired) electrons. The zero-order valence-corrected chi connectivity index (χ0v) is 11.9. The Morgan fingerprint density at radius 3 is 1.52 bits per heavy atom. The van der Waals surface area contributed by atoms with E-state index >= 15 is 0 Å². The van der Waals surface area contributed by atoms with Gasteiger partial charge >= 0.3 is 0 Å². The molecule has 0 aromatic rings. The molecule has 1 aliphatic heterocycles. The molecule has 9 N–H and O–H groups in total. The maximum Gasteiger partial charge on any atom is 0.187 e. The zero-order valence-electron chi connectivity index (χ0n) is 11.9. The molecule has 2 rings (SSSR count). The van der Waals surface area contributed by atoms with E-state index in [9.17, 15) is 40.9 Å². The first kappa shape index (κ1) is 18.9. The molecule has 2 aliphatic rings. The van der Waals surface area contributed by atoms with Crippen LogP contribution in [-0.2, 0) is 9.47 Å². The second-order valence-electron chi connectivity index (χ2n) is 5.75. The Labute approximate surface area is 130 Å². The number of aliphatic hydroxyl groups is 9. The fourth-order valence-electron chi connectivity index (χ4n) is 2.69. The van der Waals surface area contributed by atoms with Gasteiger partial charge in [-0.05, 0) is 0 Å². The lowest BCUT2D eigenvalue weighted by Gasteiger charge is -2.45. The van der Waals surface area contributed by atoms with E-state index in [2.05, 4.69) is 0 Å². The van der Waals surface area contributed by atoms with Crippen LogP contribution in [0.5, 0.6) is 0 Å². The second kappa shape index (κ2) is 7.21. The van der Waals surface area contributed by atoms with Crippen molar-refractivity contribution >= 4 is 0 Å². The summed E-state index contributed by atoms with van der Waals surface area (Å²) in [4.78, 5) is 0. The Morgan fingerprint density at radius 2 is 1.04 bits per heavy atom. The van der Waals surface area contributed by atoms with Gasteiger partial charge in [0.25, 0.3) is 0 Å². The summed E-state index contributed by atoms with van der Waals surface area (Å²) in [6.07, 6.45) is -18.9. The molecule has 2 fully saturated rings. The van der Waals surface area contributed by atoms with Crippen molar-refractivity contribution in [3.05, 3.63) is 0 Å². The lowest BCUT2D eigenvalue weighted by Crippen LogP contribution is -2.67. The van der Waals surface area contributed by atoms with Gasteiger partial charge in [0.05, 0.1) is 6.61 Å². The molecule has 11 atom stereocenters. The van der Waals surface area contributed by atoms with Crippen LogP contribution in [0.2, 0.25) is 0 Å². The van der Waals surface area contributed by atoms with E-state index in [-0.39, 0.29) is 0 Å². The normalized spacial score (nSPS) is 54.9. The highest BCUT2D eigenvalue weighted by Crippen LogP contribution is 2.29. The van der Waals surface area contributed by atoms with Gasteiger partial charge in [-0.3, -0.25) is 0 Å². The summed E-state index contributed by atoms with van der Waals surface area (Å²) in [5.41, 5.74) is 0. The molecule has 0 aromatic heterocycles. The highest BCUT2D eigenvalue weighted by Gasteiger charge is 2.52. The molecule has 11 heteroatoms. The summed E-state index contributed by atoms with van der Waals surface area (Å²) in [5, 5.41) is 86.6. The SMILES string of the molecule is OC[C@@H]1O[C@@H](OC2C(O)[C@H](O)C(O)[C@H](O)[C@H]2O)[C@@H](O)[C@@H](O)C1O. The molecule has 0 spiro atoms. The predicted octanol–water partition coefficient (Wildman–Crippen LogP) is -6.01. The highest BCUT2D eigenvalue weighted by molar-refractivity contribution is 5.00. The first-order chi connectivity index (χ1) is 10.7. The molecule has 1 saturated carbocycles. The molecule has 1 heterocycles. The maximum atomic E-state index is 9.85. The van der Waals surface area contributed by atoms with Crippen molar-refractivity contribution in [2.75, 3.05) is 6.61 Å². The molecule has 0 aromatic carbocycles. The van der Waals surface area contributed by atoms with Gasteiger partial charge in [-0.15, -0.1) is 0 Å². The van der Waals surface area contributed by atoms with Crippen LogP contribution in [0.4, 0.5) is 0 Å². The van der Waals surface area contributed by atoms with Crippen LogP contribution in [0.15, 0.2) is 0 Å². The van der Waals surface area contributed by atoms with Crippen molar-refractivity contribution in [3.8, 4) is 0 Å². The minimum Gasteiger partial charge on any atom is -0.394 e. The van der Waals surface area contributed by atoms with E-state index in [0.717, 1.165) is 0 Å². The first-order valence-electron chi connectivity index (χ1n) is 7.07. The van der Waals surface area contributed by atoms with Gasteiger partial charge in [-0.25, -0.2) is 0 Å². The Morgan fingerprint density at radius 1 is 0.609 bits per heavy atom. The summed E-state index contributed by atoms with van der Waals surface area (Å²) >= 11 is 0. The Bertz CT molecular complexity index is 377. The monoisotopic (exact) mass is 342 g/mol. The third kappa shape index (κ3) is 3.36. The fourth-order valence-corrected chi connectivity index (χ4v) is 2.69. The molecule has 0 amide bonds. The molecule has 1 aliphatic carbocycles. The number of ether oxygens (including phenoxy) is 2. The standard InChI is InChI=1S/C12H22O11/c13-1-2-3(14)4(15)10(21)12(22-2)23-11-8(19)6(17)5(16)7(18)9(11)20/h2-21H,1H2/t2-,3?,4-,5?,6-,7+,8+,9?,10-,11?,12-/m0/s1. The molecule has 23 heavy (non-hydrogen) atoms. The van der Waals surface area contributed by atoms with Gasteiger partial charge in [-0.1, -0.05) is 0 Å². The lowest BCUT2D eigenvalue weighted by atomic mass is 9.84. The minimum absolute atomic E-state index is 0.704. The first-order valence-corrected chi connectivity index (χ1v) is 7.07. The van der Waals surface area contributed by atoms with Gasteiger partial charge < -0.3 is 55.4 Å². The van der Waals surface area contributed by atoms with E-state index in [1.54, 1.807) is 0 Å². The molecule has 11 nitrogen and oxygen atoms in total. The van der Waals surface area contributed by atoms with Crippen molar-refractivity contribution < 1.29 is 55.4 Å². The number of hydrogen-bond acceptors (Lipinski definition) is 11. The number of aliphatic hydroxyl groups excluding tert-OH is 9. The van der Waals surface area contributed by atoms with E-state index in [4.69, 9.17) is 14.6 Å². The average molecular weight is 342 g/mol. The minimum atomic E-state index is -1.83. The van der Waals surface area contributed by atoms with Crippen LogP contribution >= 0.6 is 0 Å². The molecular weight excluding hydrogens is 320 g/mol. The van der Waals surface area contributed by atoms with Crippen molar-refractivity contribution in [2.24, 2.45) is 0 Å². The number of hydrogen-bond donors (Lipinski definition) is 9. The maximum absolute atomic E-state index is 9.85. The van der Waals surface area contributed by atoms with Crippen LogP contribution in [0.25, 0.3) is 0 Å². The van der Waals surface area contributed by atoms with Gasteiger partial charge in [-0.2, -0.15) is 0 Å². The third-order valence-electron chi connectivity index (χ3n) is 4.21. The van der Waals surface area contributed by atoms with E-state index in [0.29, 0.717) is 0 Å². The Balaban J connectivity index is 2.13. The van der Waals surface area contributed by atoms with Crippen LogP contribution in [-0.4, -0.2) is 120 Å². The van der Waals surface area contributed by atoms with Crippen LogP contribution < -0.4 is 0 Å². The largest absolute Gasteiger partial charge is 0.394 e. The molecule has 4 unspecified atom stereocenters. The van der Waals surface area contributed by atoms with Crippen LogP contribution in [0, 0.1) is 0 Å². The predicted molar refractivity (Wildman–Crippen MR) is 68.7 cm³/mol. The molecular formula is C12H22O11. The van der Waals surface area contributed by atoms with Crippen molar-refractivity contribution in [1.29, 1.82) is 0 Å². The van der Waals surface area contributed by atoms with E-state index < -0.39 is 73.9 Å². The van der Waals surface area contributed by atoms with E-state index in [1.807, 2.05) is 0 Å². The summed E-state index contributed by atoms with van der Waals surface area (Å²) in [7, 11) is 0. The Hall–Kier alpha value is -0.440.